The van der Waals surface area contributed by atoms with Crippen LogP contribution in [0.5, 0.6) is 0 Å². The van der Waals surface area contributed by atoms with Gasteiger partial charge in [0.25, 0.3) is 0 Å². The van der Waals surface area contributed by atoms with Crippen molar-refractivity contribution in [2.24, 2.45) is 0 Å². The van der Waals surface area contributed by atoms with Crippen LogP contribution in [0.1, 0.15) is 43.4 Å². The van der Waals surface area contributed by atoms with Crippen LogP contribution in [0.25, 0.3) is 0 Å². The van der Waals surface area contributed by atoms with E-state index in [0.29, 0.717) is 5.56 Å². The summed E-state index contributed by atoms with van der Waals surface area (Å²) in [6.45, 7) is 5.24. The molecule has 0 aromatic heterocycles. The SMILES string of the molecule is CCCC[C@@H](c1ccc(Cl)cc1C(F)(F)F)N1CCNCC1. The minimum absolute atomic E-state index is 0.130. The zero-order valence-electron chi connectivity index (χ0n) is 12.7. The summed E-state index contributed by atoms with van der Waals surface area (Å²) in [5.41, 5.74) is -0.244. The van der Waals surface area contributed by atoms with E-state index in [2.05, 4.69) is 17.1 Å². The molecule has 0 radical (unpaired) electrons. The fraction of sp³-hybridized carbons (Fsp3) is 0.625. The van der Waals surface area contributed by atoms with Crippen LogP contribution in [0.4, 0.5) is 13.2 Å². The molecule has 0 bridgehead atoms. The molecule has 1 aliphatic heterocycles. The van der Waals surface area contributed by atoms with Crippen LogP contribution < -0.4 is 5.32 Å². The fourth-order valence-electron chi connectivity index (χ4n) is 2.99. The van der Waals surface area contributed by atoms with E-state index in [4.69, 9.17) is 11.6 Å². The van der Waals surface area contributed by atoms with Gasteiger partial charge in [-0.25, -0.2) is 0 Å². The molecule has 2 rings (SSSR count). The monoisotopic (exact) mass is 334 g/mol. The first-order valence-electron chi connectivity index (χ1n) is 7.75. The Hall–Kier alpha value is -0.780. The topological polar surface area (TPSA) is 15.3 Å². The van der Waals surface area contributed by atoms with Gasteiger partial charge in [0.15, 0.2) is 0 Å². The predicted molar refractivity (Wildman–Crippen MR) is 83.2 cm³/mol. The van der Waals surface area contributed by atoms with Gasteiger partial charge in [-0.1, -0.05) is 37.4 Å². The van der Waals surface area contributed by atoms with Crippen LogP contribution >= 0.6 is 11.6 Å². The summed E-state index contributed by atoms with van der Waals surface area (Å²) in [6, 6.07) is 3.97. The Kier molecular flexibility index (Phi) is 6.12. The third-order valence-electron chi connectivity index (χ3n) is 4.10. The molecule has 0 spiro atoms. The van der Waals surface area contributed by atoms with Gasteiger partial charge in [0, 0.05) is 37.2 Å². The zero-order chi connectivity index (χ0) is 16.2. The van der Waals surface area contributed by atoms with Gasteiger partial charge in [0.2, 0.25) is 0 Å². The van der Waals surface area contributed by atoms with Crippen molar-refractivity contribution in [2.75, 3.05) is 26.2 Å². The molecule has 0 saturated carbocycles. The predicted octanol–water partition coefficient (Wildman–Crippen LogP) is 4.50. The number of hydrogen-bond donors (Lipinski definition) is 1. The van der Waals surface area contributed by atoms with Crippen molar-refractivity contribution in [3.8, 4) is 0 Å². The Morgan fingerprint density at radius 2 is 1.95 bits per heavy atom. The lowest BCUT2D eigenvalue weighted by atomic mass is 9.94. The summed E-state index contributed by atoms with van der Waals surface area (Å²) in [7, 11) is 0. The molecule has 1 N–H and O–H groups in total. The van der Waals surface area contributed by atoms with Crippen LogP contribution in [0.2, 0.25) is 5.02 Å². The molecule has 1 aliphatic rings. The Labute approximate surface area is 134 Å². The first-order chi connectivity index (χ1) is 10.4. The highest BCUT2D eigenvalue weighted by Crippen LogP contribution is 2.39. The van der Waals surface area contributed by atoms with E-state index in [1.165, 1.54) is 0 Å². The lowest BCUT2D eigenvalue weighted by molar-refractivity contribution is -0.138. The fourth-order valence-corrected chi connectivity index (χ4v) is 3.16. The Balaban J connectivity index is 2.37. The van der Waals surface area contributed by atoms with Crippen molar-refractivity contribution >= 4 is 11.6 Å². The standard InChI is InChI=1S/C16H22ClF3N2/c1-2-3-4-15(22-9-7-21-8-10-22)13-6-5-12(17)11-14(13)16(18,19)20/h5-6,11,15,21H,2-4,7-10H2,1H3/t15-/m0/s1. The van der Waals surface area contributed by atoms with Crippen molar-refractivity contribution < 1.29 is 13.2 Å². The van der Waals surface area contributed by atoms with E-state index in [9.17, 15) is 13.2 Å². The number of nitrogens with one attached hydrogen (secondary N) is 1. The number of benzene rings is 1. The number of unbranched alkanes of at least 4 members (excludes halogenated alkanes) is 1. The van der Waals surface area contributed by atoms with Crippen molar-refractivity contribution in [1.29, 1.82) is 0 Å². The van der Waals surface area contributed by atoms with E-state index in [1.54, 1.807) is 12.1 Å². The maximum Gasteiger partial charge on any atom is 0.416 e. The molecule has 1 atom stereocenters. The minimum Gasteiger partial charge on any atom is -0.314 e. The molecule has 1 saturated heterocycles. The molecule has 0 unspecified atom stereocenters. The Morgan fingerprint density at radius 3 is 2.55 bits per heavy atom. The van der Waals surface area contributed by atoms with E-state index >= 15 is 0 Å². The average Bonchev–Trinajstić information content (AvgIpc) is 2.49. The van der Waals surface area contributed by atoms with E-state index in [1.807, 2.05) is 0 Å². The summed E-state index contributed by atoms with van der Waals surface area (Å²) in [5, 5.41) is 3.38. The summed E-state index contributed by atoms with van der Waals surface area (Å²) in [5.74, 6) is 0. The second kappa shape index (κ2) is 7.66. The largest absolute Gasteiger partial charge is 0.416 e. The quantitative estimate of drug-likeness (QED) is 0.853. The molecule has 0 aliphatic carbocycles. The maximum atomic E-state index is 13.4. The van der Waals surface area contributed by atoms with Crippen molar-refractivity contribution in [2.45, 2.75) is 38.4 Å². The number of rotatable bonds is 5. The normalized spacial score (nSPS) is 18.4. The highest BCUT2D eigenvalue weighted by atomic mass is 35.5. The number of hydrogen-bond acceptors (Lipinski definition) is 2. The Morgan fingerprint density at radius 1 is 1.27 bits per heavy atom. The molecule has 22 heavy (non-hydrogen) atoms. The van der Waals surface area contributed by atoms with Crippen molar-refractivity contribution in [3.63, 3.8) is 0 Å². The van der Waals surface area contributed by atoms with Gasteiger partial charge in [-0.2, -0.15) is 13.2 Å². The first-order valence-corrected chi connectivity index (χ1v) is 8.12. The summed E-state index contributed by atoms with van der Waals surface area (Å²) < 4.78 is 40.2. The molecule has 1 heterocycles. The number of alkyl halides is 3. The molecule has 1 fully saturated rings. The molecule has 124 valence electrons. The van der Waals surface area contributed by atoms with Crippen molar-refractivity contribution in [3.05, 3.63) is 34.3 Å². The van der Waals surface area contributed by atoms with Crippen LogP contribution in [-0.4, -0.2) is 31.1 Å². The maximum absolute atomic E-state index is 13.4. The van der Waals surface area contributed by atoms with Gasteiger partial charge in [0.1, 0.15) is 0 Å². The molecule has 2 nitrogen and oxygen atoms in total. The van der Waals surface area contributed by atoms with Crippen LogP contribution in [0.3, 0.4) is 0 Å². The van der Waals surface area contributed by atoms with Crippen LogP contribution in [-0.2, 0) is 6.18 Å². The smallest absolute Gasteiger partial charge is 0.314 e. The molecule has 1 aromatic rings. The molecule has 6 heteroatoms. The molecule has 0 amide bonds. The second-order valence-electron chi connectivity index (χ2n) is 5.67. The third kappa shape index (κ3) is 4.37. The average molecular weight is 335 g/mol. The highest BCUT2D eigenvalue weighted by Gasteiger charge is 2.36. The van der Waals surface area contributed by atoms with Gasteiger partial charge >= 0.3 is 6.18 Å². The van der Waals surface area contributed by atoms with E-state index < -0.39 is 11.7 Å². The van der Waals surface area contributed by atoms with Gasteiger partial charge in [0.05, 0.1) is 5.56 Å². The van der Waals surface area contributed by atoms with Crippen LogP contribution in [0.15, 0.2) is 18.2 Å². The summed E-state index contributed by atoms with van der Waals surface area (Å²) in [4.78, 5) is 2.16. The number of nitrogens with zero attached hydrogens (tertiary/aromatic N) is 1. The molecular weight excluding hydrogens is 313 g/mol. The second-order valence-corrected chi connectivity index (χ2v) is 6.11. The zero-order valence-corrected chi connectivity index (χ0v) is 13.5. The lowest BCUT2D eigenvalue weighted by Crippen LogP contribution is -2.45. The van der Waals surface area contributed by atoms with Gasteiger partial charge < -0.3 is 5.32 Å². The van der Waals surface area contributed by atoms with E-state index in [0.717, 1.165) is 51.5 Å². The number of halogens is 4. The lowest BCUT2D eigenvalue weighted by Gasteiger charge is -2.36. The Bertz CT molecular complexity index is 485. The molecule has 1 aromatic carbocycles. The minimum atomic E-state index is -4.38. The first kappa shape index (κ1) is 17.6. The number of piperazine rings is 1. The van der Waals surface area contributed by atoms with Crippen LogP contribution in [0, 0.1) is 0 Å². The van der Waals surface area contributed by atoms with Gasteiger partial charge in [-0.15, -0.1) is 0 Å². The van der Waals surface area contributed by atoms with Crippen molar-refractivity contribution in [1.82, 2.24) is 10.2 Å². The van der Waals surface area contributed by atoms with Gasteiger partial charge in [-0.05, 0) is 24.1 Å². The third-order valence-corrected chi connectivity index (χ3v) is 4.34. The van der Waals surface area contributed by atoms with E-state index in [-0.39, 0.29) is 11.1 Å². The summed E-state index contributed by atoms with van der Waals surface area (Å²) in [6.07, 6.45) is -1.76. The summed E-state index contributed by atoms with van der Waals surface area (Å²) >= 11 is 5.79. The van der Waals surface area contributed by atoms with Gasteiger partial charge in [-0.3, -0.25) is 4.90 Å². The molecular formula is C16H22ClF3N2. The highest BCUT2D eigenvalue weighted by molar-refractivity contribution is 6.30.